The summed E-state index contributed by atoms with van der Waals surface area (Å²) in [6.07, 6.45) is -9.74. The highest BCUT2D eigenvalue weighted by Gasteiger charge is 2.46. The summed E-state index contributed by atoms with van der Waals surface area (Å²) < 4.78 is 64.4. The Morgan fingerprint density at radius 2 is 1.56 bits per heavy atom. The maximum Gasteiger partial charge on any atom is 0.527 e. The van der Waals surface area contributed by atoms with Crippen LogP contribution in [0.5, 0.6) is 0 Å². The molecule has 0 spiro atoms. The van der Waals surface area contributed by atoms with E-state index in [2.05, 4.69) is 4.74 Å². The Hall–Kier alpha value is -1.17. The standard InChI is InChI=1S/C10H9F5O/c1-6-3-4-7(2)8(5-6)9(11,12)16-10(13,14)15/h3-5H,1-2H3. The molecule has 0 aliphatic carbocycles. The van der Waals surface area contributed by atoms with E-state index in [0.29, 0.717) is 5.56 Å². The van der Waals surface area contributed by atoms with Gasteiger partial charge in [0.05, 0.1) is 5.56 Å². The molecule has 1 aromatic carbocycles. The predicted octanol–water partition coefficient (Wildman–Crippen LogP) is 3.89. The van der Waals surface area contributed by atoms with Gasteiger partial charge in [0, 0.05) is 0 Å². The van der Waals surface area contributed by atoms with Gasteiger partial charge in [0.25, 0.3) is 0 Å². The molecule has 0 atom stereocenters. The van der Waals surface area contributed by atoms with E-state index in [1.54, 1.807) is 0 Å². The molecule has 0 amide bonds. The zero-order valence-corrected chi connectivity index (χ0v) is 8.53. The van der Waals surface area contributed by atoms with Gasteiger partial charge in [-0.25, -0.2) is 4.74 Å². The summed E-state index contributed by atoms with van der Waals surface area (Å²) in [6, 6.07) is 3.82. The average molecular weight is 240 g/mol. The van der Waals surface area contributed by atoms with Gasteiger partial charge in [-0.2, -0.15) is 8.78 Å². The summed E-state index contributed by atoms with van der Waals surface area (Å²) in [6.45, 7) is 2.80. The molecule has 1 aromatic rings. The molecular weight excluding hydrogens is 231 g/mol. The molecule has 0 N–H and O–H groups in total. The van der Waals surface area contributed by atoms with Gasteiger partial charge in [-0.1, -0.05) is 17.7 Å². The van der Waals surface area contributed by atoms with Gasteiger partial charge in [-0.3, -0.25) is 0 Å². The molecule has 0 aromatic heterocycles. The van der Waals surface area contributed by atoms with Crippen molar-refractivity contribution in [2.24, 2.45) is 0 Å². The van der Waals surface area contributed by atoms with Crippen LogP contribution in [0.3, 0.4) is 0 Å². The average Bonchev–Trinajstić information content (AvgIpc) is 2.04. The molecule has 1 rings (SSSR count). The lowest BCUT2D eigenvalue weighted by Crippen LogP contribution is -2.28. The van der Waals surface area contributed by atoms with E-state index >= 15 is 0 Å². The highest BCUT2D eigenvalue weighted by Crippen LogP contribution is 2.37. The zero-order valence-electron chi connectivity index (χ0n) is 8.53. The van der Waals surface area contributed by atoms with Crippen LogP contribution in [0, 0.1) is 13.8 Å². The molecule has 0 unspecified atom stereocenters. The van der Waals surface area contributed by atoms with Crippen molar-refractivity contribution in [3.63, 3.8) is 0 Å². The summed E-state index contributed by atoms with van der Waals surface area (Å²) >= 11 is 0. The van der Waals surface area contributed by atoms with Crippen molar-refractivity contribution in [1.82, 2.24) is 0 Å². The summed E-state index contributed by atoms with van der Waals surface area (Å²) in [5.74, 6) is 0. The minimum Gasteiger partial charge on any atom is -0.222 e. The summed E-state index contributed by atoms with van der Waals surface area (Å²) in [7, 11) is 0. The van der Waals surface area contributed by atoms with Crippen molar-refractivity contribution in [3.05, 3.63) is 34.9 Å². The molecule has 0 saturated heterocycles. The minimum absolute atomic E-state index is 0.0415. The van der Waals surface area contributed by atoms with Crippen molar-refractivity contribution in [1.29, 1.82) is 0 Å². The molecule has 0 aliphatic rings. The lowest BCUT2D eigenvalue weighted by Gasteiger charge is -2.20. The van der Waals surface area contributed by atoms with Crippen LogP contribution < -0.4 is 0 Å². The zero-order chi connectivity index (χ0) is 12.6. The van der Waals surface area contributed by atoms with Gasteiger partial charge in [-0.05, 0) is 25.5 Å². The van der Waals surface area contributed by atoms with Crippen LogP contribution in [0.2, 0.25) is 0 Å². The van der Waals surface area contributed by atoms with Crippen LogP contribution in [0.25, 0.3) is 0 Å². The second-order valence-electron chi connectivity index (χ2n) is 3.38. The minimum atomic E-state index is -5.38. The largest absolute Gasteiger partial charge is 0.527 e. The Balaban J connectivity index is 3.11. The number of ether oxygens (including phenoxy) is 1. The van der Waals surface area contributed by atoms with Gasteiger partial charge in [-0.15, -0.1) is 13.2 Å². The van der Waals surface area contributed by atoms with E-state index in [-0.39, 0.29) is 5.56 Å². The highest BCUT2D eigenvalue weighted by molar-refractivity contribution is 5.32. The Kier molecular flexibility index (Phi) is 3.23. The molecule has 0 heterocycles. The summed E-state index contributed by atoms with van der Waals surface area (Å²) in [5, 5.41) is 0. The Labute approximate surface area is 88.8 Å². The van der Waals surface area contributed by atoms with Crippen LogP contribution in [0.4, 0.5) is 22.0 Å². The van der Waals surface area contributed by atoms with E-state index in [0.717, 1.165) is 6.07 Å². The third-order valence-corrected chi connectivity index (χ3v) is 1.95. The van der Waals surface area contributed by atoms with Crippen LogP contribution in [0.15, 0.2) is 18.2 Å². The van der Waals surface area contributed by atoms with Gasteiger partial charge < -0.3 is 0 Å². The first-order valence-electron chi connectivity index (χ1n) is 4.34. The molecule has 0 aliphatic heterocycles. The Morgan fingerprint density at radius 1 is 1.00 bits per heavy atom. The molecule has 0 bridgehead atoms. The molecule has 0 saturated carbocycles. The summed E-state index contributed by atoms with van der Waals surface area (Å²) in [5.41, 5.74) is -0.296. The van der Waals surface area contributed by atoms with Crippen molar-refractivity contribution in [2.75, 3.05) is 0 Å². The molecule has 90 valence electrons. The molecule has 1 nitrogen and oxygen atoms in total. The number of rotatable bonds is 2. The Morgan fingerprint density at radius 3 is 2.06 bits per heavy atom. The van der Waals surface area contributed by atoms with Crippen molar-refractivity contribution in [3.8, 4) is 0 Å². The second kappa shape index (κ2) is 4.01. The fourth-order valence-corrected chi connectivity index (χ4v) is 1.25. The van der Waals surface area contributed by atoms with E-state index in [1.807, 2.05) is 0 Å². The number of aryl methyl sites for hydroxylation is 2. The third kappa shape index (κ3) is 3.16. The number of alkyl halides is 5. The Bertz CT molecular complexity index is 383. The molecule has 0 radical (unpaired) electrons. The third-order valence-electron chi connectivity index (χ3n) is 1.95. The van der Waals surface area contributed by atoms with E-state index < -0.39 is 18.0 Å². The lowest BCUT2D eigenvalue weighted by atomic mass is 10.1. The topological polar surface area (TPSA) is 9.23 Å². The quantitative estimate of drug-likeness (QED) is 0.712. The first-order chi connectivity index (χ1) is 7.12. The van der Waals surface area contributed by atoms with Crippen LogP contribution in [-0.2, 0) is 10.8 Å². The molecular formula is C10H9F5O. The first-order valence-corrected chi connectivity index (χ1v) is 4.34. The molecule has 0 fully saturated rings. The fraction of sp³-hybridized carbons (Fsp3) is 0.400. The molecule has 16 heavy (non-hydrogen) atoms. The second-order valence-corrected chi connectivity index (χ2v) is 3.38. The van der Waals surface area contributed by atoms with Crippen LogP contribution >= 0.6 is 0 Å². The van der Waals surface area contributed by atoms with Gasteiger partial charge in [0.15, 0.2) is 0 Å². The van der Waals surface area contributed by atoms with Crippen LogP contribution in [-0.4, -0.2) is 6.36 Å². The van der Waals surface area contributed by atoms with Crippen LogP contribution in [0.1, 0.15) is 16.7 Å². The number of hydrogen-bond donors (Lipinski definition) is 0. The maximum atomic E-state index is 13.2. The lowest BCUT2D eigenvalue weighted by molar-refractivity contribution is -0.431. The smallest absolute Gasteiger partial charge is 0.222 e. The number of hydrogen-bond acceptors (Lipinski definition) is 1. The first kappa shape index (κ1) is 12.9. The monoisotopic (exact) mass is 240 g/mol. The van der Waals surface area contributed by atoms with Gasteiger partial charge in [0.1, 0.15) is 0 Å². The maximum absolute atomic E-state index is 13.2. The van der Waals surface area contributed by atoms with E-state index in [4.69, 9.17) is 0 Å². The summed E-state index contributed by atoms with van der Waals surface area (Å²) in [4.78, 5) is 0. The number of halogens is 5. The normalized spacial score (nSPS) is 12.9. The van der Waals surface area contributed by atoms with Crippen molar-refractivity contribution in [2.45, 2.75) is 26.3 Å². The SMILES string of the molecule is Cc1ccc(C)c(C(F)(F)OC(F)(F)F)c1. The van der Waals surface area contributed by atoms with Gasteiger partial charge in [0.2, 0.25) is 0 Å². The van der Waals surface area contributed by atoms with Crippen molar-refractivity contribution < 1.29 is 26.7 Å². The van der Waals surface area contributed by atoms with Gasteiger partial charge >= 0.3 is 12.5 Å². The predicted molar refractivity (Wildman–Crippen MR) is 47.0 cm³/mol. The van der Waals surface area contributed by atoms with E-state index in [9.17, 15) is 22.0 Å². The highest BCUT2D eigenvalue weighted by atomic mass is 19.4. The fourth-order valence-electron chi connectivity index (χ4n) is 1.25. The number of benzene rings is 1. The van der Waals surface area contributed by atoms with Crippen molar-refractivity contribution >= 4 is 0 Å². The molecule has 6 heteroatoms. The van der Waals surface area contributed by atoms with E-state index in [1.165, 1.54) is 26.0 Å².